The van der Waals surface area contributed by atoms with Crippen LogP contribution in [0.25, 0.3) is 0 Å². The van der Waals surface area contributed by atoms with E-state index < -0.39 is 7.52 Å². The minimum absolute atomic E-state index is 0.557. The lowest BCUT2D eigenvalue weighted by atomic mass is 9.96. The third kappa shape index (κ3) is 3.58. The van der Waals surface area contributed by atoms with Gasteiger partial charge in [-0.25, -0.2) is 9.03 Å². The molecular weight excluding hydrogens is 260 g/mol. The highest BCUT2D eigenvalue weighted by atomic mass is 33.1. The number of nitrogens with zero attached hydrogens (tertiary/aromatic N) is 1. The molecular formula is C10H20N2OS3. The summed E-state index contributed by atoms with van der Waals surface area (Å²) in [6, 6.07) is 0.557. The van der Waals surface area contributed by atoms with Crippen molar-refractivity contribution in [2.24, 2.45) is 0 Å². The van der Waals surface area contributed by atoms with E-state index in [9.17, 15) is 0 Å². The van der Waals surface area contributed by atoms with Crippen LogP contribution in [0, 0.1) is 0 Å². The maximum Gasteiger partial charge on any atom is 0.0604 e. The Balaban J connectivity index is 1.90. The van der Waals surface area contributed by atoms with Crippen molar-refractivity contribution in [3.8, 4) is 0 Å². The third-order valence-electron chi connectivity index (χ3n) is 3.23. The van der Waals surface area contributed by atoms with Gasteiger partial charge in [0.25, 0.3) is 0 Å². The monoisotopic (exact) mass is 280 g/mol. The molecule has 16 heavy (non-hydrogen) atoms. The zero-order chi connectivity index (χ0) is 11.4. The maximum absolute atomic E-state index is 5.60. The lowest BCUT2D eigenvalue weighted by molar-refractivity contribution is 0.0761. The van der Waals surface area contributed by atoms with E-state index >= 15 is 0 Å². The van der Waals surface area contributed by atoms with Gasteiger partial charge in [0.15, 0.2) is 0 Å². The second kappa shape index (κ2) is 6.02. The first kappa shape index (κ1) is 13.1. The van der Waals surface area contributed by atoms with Gasteiger partial charge < -0.3 is 4.74 Å². The van der Waals surface area contributed by atoms with Crippen LogP contribution in [0.4, 0.5) is 0 Å². The first-order chi connectivity index (χ1) is 7.68. The Labute approximate surface area is 108 Å². The smallest absolute Gasteiger partial charge is 0.0604 e. The summed E-state index contributed by atoms with van der Waals surface area (Å²) >= 11 is 11.2. The van der Waals surface area contributed by atoms with Crippen LogP contribution in [0.15, 0.2) is 0 Å². The van der Waals surface area contributed by atoms with Crippen molar-refractivity contribution in [3.63, 3.8) is 0 Å². The maximum atomic E-state index is 5.60. The van der Waals surface area contributed by atoms with E-state index in [0.717, 1.165) is 26.3 Å². The molecule has 0 spiro atoms. The van der Waals surface area contributed by atoms with E-state index in [1.54, 1.807) is 0 Å². The van der Waals surface area contributed by atoms with E-state index in [-0.39, 0.29) is 0 Å². The van der Waals surface area contributed by atoms with Crippen LogP contribution < -0.4 is 4.72 Å². The summed E-state index contributed by atoms with van der Waals surface area (Å²) in [5, 5.41) is 0. The van der Waals surface area contributed by atoms with E-state index in [1.807, 2.05) is 0 Å². The Bertz CT molecular complexity index is 306. The van der Waals surface area contributed by atoms with Gasteiger partial charge in [-0.15, -0.1) is 0 Å². The number of morpholine rings is 1. The van der Waals surface area contributed by atoms with Crippen LogP contribution in [0.5, 0.6) is 0 Å². The van der Waals surface area contributed by atoms with E-state index in [1.165, 1.54) is 32.1 Å². The summed E-state index contributed by atoms with van der Waals surface area (Å²) in [5.41, 5.74) is 0. The summed E-state index contributed by atoms with van der Waals surface area (Å²) < 4.78 is 11.1. The molecule has 0 aromatic heterocycles. The molecule has 0 radical (unpaired) electrons. The van der Waals surface area contributed by atoms with Crippen LogP contribution in [-0.4, -0.2) is 36.7 Å². The fraction of sp³-hybridized carbons (Fsp3) is 1.00. The third-order valence-corrected chi connectivity index (χ3v) is 6.75. The first-order valence-corrected chi connectivity index (χ1v) is 9.48. The fourth-order valence-corrected chi connectivity index (χ4v) is 5.44. The van der Waals surface area contributed by atoms with Gasteiger partial charge in [-0.1, -0.05) is 19.3 Å². The second-order valence-electron chi connectivity index (χ2n) is 4.47. The highest BCUT2D eigenvalue weighted by Crippen LogP contribution is 2.19. The van der Waals surface area contributed by atoms with Gasteiger partial charge in [0, 0.05) is 26.7 Å². The molecule has 0 amide bonds. The minimum Gasteiger partial charge on any atom is -0.379 e. The molecule has 1 aliphatic heterocycles. The molecule has 0 unspecified atom stereocenters. The highest BCUT2D eigenvalue weighted by Gasteiger charge is 2.22. The molecule has 3 nitrogen and oxygen atoms in total. The topological polar surface area (TPSA) is 24.5 Å². The molecule has 2 aliphatic rings. The molecule has 1 N–H and O–H groups in total. The molecule has 1 heterocycles. The van der Waals surface area contributed by atoms with E-state index in [0.29, 0.717) is 6.04 Å². The lowest BCUT2D eigenvalue weighted by Gasteiger charge is -2.34. The number of hydrogen-bond donors (Lipinski definition) is 1. The zero-order valence-corrected chi connectivity index (χ0v) is 12.0. The summed E-state index contributed by atoms with van der Waals surface area (Å²) in [7, 11) is -1.61. The average molecular weight is 280 g/mol. The molecule has 2 fully saturated rings. The Kier molecular flexibility index (Phi) is 4.93. The molecule has 6 heteroatoms. The molecule has 0 aromatic rings. The van der Waals surface area contributed by atoms with Crippen molar-refractivity contribution in [3.05, 3.63) is 0 Å². The quantitative estimate of drug-likeness (QED) is 0.836. The first-order valence-electron chi connectivity index (χ1n) is 6.04. The van der Waals surface area contributed by atoms with Crippen LogP contribution in [0.2, 0.25) is 0 Å². The Morgan fingerprint density at radius 2 is 1.69 bits per heavy atom. The summed E-state index contributed by atoms with van der Waals surface area (Å²) in [6.45, 7) is 3.33. The number of nitrogens with one attached hydrogen (secondary N) is 1. The lowest BCUT2D eigenvalue weighted by Crippen LogP contribution is -2.48. The van der Waals surface area contributed by atoms with Gasteiger partial charge in [-0.2, -0.15) is 0 Å². The van der Waals surface area contributed by atoms with Gasteiger partial charge in [0.1, 0.15) is 0 Å². The van der Waals surface area contributed by atoms with Gasteiger partial charge in [0.05, 0.1) is 13.2 Å². The molecule has 0 atom stereocenters. The predicted molar refractivity (Wildman–Crippen MR) is 74.5 cm³/mol. The zero-order valence-electron chi connectivity index (χ0n) is 9.52. The van der Waals surface area contributed by atoms with E-state index in [2.05, 4.69) is 9.03 Å². The molecule has 0 aromatic carbocycles. The normalized spacial score (nSPS) is 25.8. The largest absolute Gasteiger partial charge is 0.379 e. The highest BCUT2D eigenvalue weighted by molar-refractivity contribution is 8.54. The number of rotatable bonds is 3. The number of ether oxygens (including phenoxy) is 1. The van der Waals surface area contributed by atoms with Crippen molar-refractivity contribution in [1.82, 2.24) is 9.03 Å². The van der Waals surface area contributed by atoms with Crippen LogP contribution in [-0.2, 0) is 34.6 Å². The second-order valence-corrected chi connectivity index (χ2v) is 9.70. The predicted octanol–water partition coefficient (Wildman–Crippen LogP) is 1.15. The molecule has 94 valence electrons. The molecule has 2 rings (SSSR count). The van der Waals surface area contributed by atoms with Crippen molar-refractivity contribution < 1.29 is 4.74 Å². The molecule has 1 aliphatic carbocycles. The van der Waals surface area contributed by atoms with Crippen LogP contribution in [0.1, 0.15) is 32.1 Å². The Hall–Kier alpha value is 0.670. The SMILES string of the molecule is S=S(=S)(NC1CCCCC1)N1CCOCC1. The Morgan fingerprint density at radius 3 is 2.31 bits per heavy atom. The van der Waals surface area contributed by atoms with Gasteiger partial charge in [-0.3, -0.25) is 0 Å². The Morgan fingerprint density at radius 1 is 1.06 bits per heavy atom. The standard InChI is InChI=1S/C10H20N2OS3/c14-16(15,12-6-8-13-9-7-12)11-10-4-2-1-3-5-10/h10-11H,1-9H2. The fourth-order valence-electron chi connectivity index (χ4n) is 2.29. The minimum atomic E-state index is -1.61. The molecule has 1 saturated heterocycles. The van der Waals surface area contributed by atoms with Crippen molar-refractivity contribution >= 4 is 29.9 Å². The van der Waals surface area contributed by atoms with Gasteiger partial charge in [-0.05, 0) is 35.2 Å². The van der Waals surface area contributed by atoms with Crippen molar-refractivity contribution in [1.29, 1.82) is 0 Å². The van der Waals surface area contributed by atoms with Crippen molar-refractivity contribution in [2.75, 3.05) is 26.3 Å². The summed E-state index contributed by atoms with van der Waals surface area (Å²) in [6.07, 6.45) is 6.49. The summed E-state index contributed by atoms with van der Waals surface area (Å²) in [5.74, 6) is 0. The average Bonchev–Trinajstić information content (AvgIpc) is 2.31. The molecule has 0 bridgehead atoms. The van der Waals surface area contributed by atoms with Crippen LogP contribution >= 0.6 is 0 Å². The number of hydrogen-bond acceptors (Lipinski definition) is 3. The van der Waals surface area contributed by atoms with Crippen LogP contribution in [0.3, 0.4) is 0 Å². The summed E-state index contributed by atoms with van der Waals surface area (Å²) in [4.78, 5) is 0. The molecule has 1 saturated carbocycles. The van der Waals surface area contributed by atoms with Crippen molar-refractivity contribution in [2.45, 2.75) is 38.1 Å². The van der Waals surface area contributed by atoms with E-state index in [4.69, 9.17) is 27.1 Å². The van der Waals surface area contributed by atoms with Gasteiger partial charge >= 0.3 is 0 Å². The van der Waals surface area contributed by atoms with Gasteiger partial charge in [0.2, 0.25) is 0 Å².